The molecule has 0 aliphatic carbocycles. The molecule has 2 aromatic carbocycles. The van der Waals surface area contributed by atoms with Crippen molar-refractivity contribution < 1.29 is 4.74 Å². The smallest absolute Gasteiger partial charge is 0.282 e. The van der Waals surface area contributed by atoms with Crippen LogP contribution in [-0.4, -0.2) is 22.5 Å². The minimum absolute atomic E-state index is 0.209. The molecule has 0 atom stereocenters. The summed E-state index contributed by atoms with van der Waals surface area (Å²) in [5.74, 6) is 1.16. The predicted molar refractivity (Wildman–Crippen MR) is 130 cm³/mol. The maximum absolute atomic E-state index is 13.1. The summed E-state index contributed by atoms with van der Waals surface area (Å²) in [7, 11) is 0. The van der Waals surface area contributed by atoms with Gasteiger partial charge in [-0.1, -0.05) is 53.5 Å². The van der Waals surface area contributed by atoms with Gasteiger partial charge in [0.15, 0.2) is 5.75 Å². The maximum atomic E-state index is 13.1. The number of benzene rings is 2. The van der Waals surface area contributed by atoms with Crippen LogP contribution in [0.25, 0.3) is 10.9 Å². The molecule has 0 saturated carbocycles. The van der Waals surface area contributed by atoms with E-state index in [1.807, 2.05) is 18.2 Å². The highest BCUT2D eigenvalue weighted by atomic mass is 79.9. The van der Waals surface area contributed by atoms with Crippen molar-refractivity contribution in [3.8, 4) is 5.75 Å². The number of nitrogens with zero attached hydrogens (tertiary/aromatic N) is 3. The second-order valence-corrected chi connectivity index (χ2v) is 8.75. The van der Waals surface area contributed by atoms with Gasteiger partial charge in [-0.15, -0.1) is 0 Å². The zero-order chi connectivity index (χ0) is 21.7. The lowest BCUT2D eigenvalue weighted by Crippen LogP contribution is -2.22. The fraction of sp³-hybridized carbons (Fsp3) is 0.227. The van der Waals surface area contributed by atoms with Crippen LogP contribution in [0.5, 0.6) is 5.75 Å². The number of rotatable bonds is 8. The average molecular weight is 554 g/mol. The van der Waals surface area contributed by atoms with E-state index in [0.717, 1.165) is 22.9 Å². The predicted octanol–water partition coefficient (Wildman–Crippen LogP) is 6.36. The van der Waals surface area contributed by atoms with Crippen LogP contribution in [0.15, 0.2) is 61.8 Å². The van der Waals surface area contributed by atoms with E-state index in [0.29, 0.717) is 45.0 Å². The Labute approximate surface area is 196 Å². The minimum atomic E-state index is -0.209. The number of halogens is 3. The molecule has 0 bridgehead atoms. The Hall–Kier alpha value is -1.96. The first kappa shape index (κ1) is 22.7. The molecule has 0 N–H and O–H groups in total. The number of fused-ring (bicyclic) bond motifs is 1. The van der Waals surface area contributed by atoms with Gasteiger partial charge >= 0.3 is 0 Å². The van der Waals surface area contributed by atoms with E-state index in [2.05, 4.69) is 55.4 Å². The largest absolute Gasteiger partial charge is 0.487 e. The molecule has 0 saturated heterocycles. The molecule has 0 amide bonds. The van der Waals surface area contributed by atoms with Gasteiger partial charge in [-0.2, -0.15) is 9.78 Å². The van der Waals surface area contributed by atoms with E-state index in [1.54, 1.807) is 24.4 Å². The van der Waals surface area contributed by atoms with Gasteiger partial charge in [-0.3, -0.25) is 4.79 Å². The molecular weight excluding hydrogens is 534 g/mol. The first-order valence-corrected chi connectivity index (χ1v) is 11.4. The minimum Gasteiger partial charge on any atom is -0.487 e. The molecule has 156 valence electrons. The second-order valence-electron chi connectivity index (χ2n) is 6.57. The summed E-state index contributed by atoms with van der Waals surface area (Å²) >= 11 is 13.2. The lowest BCUT2D eigenvalue weighted by Gasteiger charge is -2.10. The van der Waals surface area contributed by atoms with Gasteiger partial charge in [0.1, 0.15) is 12.4 Å². The van der Waals surface area contributed by atoms with Crippen molar-refractivity contribution in [2.75, 3.05) is 6.61 Å². The number of hydrogen-bond acceptors (Lipinski definition) is 4. The van der Waals surface area contributed by atoms with E-state index >= 15 is 0 Å². The quantitative estimate of drug-likeness (QED) is 0.241. The monoisotopic (exact) mass is 551 g/mol. The van der Waals surface area contributed by atoms with Crippen molar-refractivity contribution in [1.82, 2.24) is 9.66 Å². The van der Waals surface area contributed by atoms with Gasteiger partial charge in [0.2, 0.25) is 0 Å². The summed E-state index contributed by atoms with van der Waals surface area (Å²) in [6.45, 7) is 6.08. The molecule has 8 heteroatoms. The van der Waals surface area contributed by atoms with Gasteiger partial charge in [0, 0.05) is 10.9 Å². The van der Waals surface area contributed by atoms with Gasteiger partial charge in [0.05, 0.1) is 26.6 Å². The molecule has 0 unspecified atom stereocenters. The van der Waals surface area contributed by atoms with Crippen LogP contribution < -0.4 is 10.3 Å². The molecule has 0 radical (unpaired) electrons. The molecule has 0 fully saturated rings. The highest BCUT2D eigenvalue weighted by Crippen LogP contribution is 2.34. The zero-order valence-electron chi connectivity index (χ0n) is 16.4. The molecule has 0 aliphatic rings. The Morgan fingerprint density at radius 2 is 2.10 bits per heavy atom. The number of hydrogen-bond donors (Lipinski definition) is 0. The van der Waals surface area contributed by atoms with Crippen LogP contribution in [0.2, 0.25) is 5.02 Å². The number of aromatic nitrogens is 2. The Morgan fingerprint density at radius 1 is 1.30 bits per heavy atom. The van der Waals surface area contributed by atoms with Crippen molar-refractivity contribution >= 4 is 60.6 Å². The first-order valence-electron chi connectivity index (χ1n) is 9.43. The van der Waals surface area contributed by atoms with Crippen molar-refractivity contribution in [3.63, 3.8) is 0 Å². The van der Waals surface area contributed by atoms with Crippen molar-refractivity contribution in [1.29, 1.82) is 0 Å². The van der Waals surface area contributed by atoms with Crippen LogP contribution >= 0.6 is 43.5 Å². The second kappa shape index (κ2) is 10.4. The van der Waals surface area contributed by atoms with Gasteiger partial charge in [-0.25, -0.2) is 4.98 Å². The number of unbranched alkanes of at least 4 members (excludes halogenated alkanes) is 1. The lowest BCUT2D eigenvalue weighted by molar-refractivity contribution is 0.361. The first-order chi connectivity index (χ1) is 14.4. The van der Waals surface area contributed by atoms with E-state index in [9.17, 15) is 4.79 Å². The van der Waals surface area contributed by atoms with Gasteiger partial charge in [-0.05, 0) is 58.2 Å². The molecule has 30 heavy (non-hydrogen) atoms. The SMILES string of the molecule is C=CCOc1c(Cl)cc(C=Nn2c(CCCC)nc3ccc(Br)cc3c2=O)cc1Br. The Bertz CT molecular complexity index is 1150. The molecule has 3 rings (SSSR count). The maximum Gasteiger partial charge on any atom is 0.282 e. The summed E-state index contributed by atoms with van der Waals surface area (Å²) in [5.41, 5.74) is 1.18. The average Bonchev–Trinajstić information content (AvgIpc) is 2.71. The van der Waals surface area contributed by atoms with E-state index < -0.39 is 0 Å². The summed E-state index contributed by atoms with van der Waals surface area (Å²) in [6, 6.07) is 9.04. The van der Waals surface area contributed by atoms with Crippen LogP contribution in [0.4, 0.5) is 0 Å². The van der Waals surface area contributed by atoms with Crippen LogP contribution in [0, 0.1) is 0 Å². The van der Waals surface area contributed by atoms with Crippen LogP contribution in [0.3, 0.4) is 0 Å². The summed E-state index contributed by atoms with van der Waals surface area (Å²) < 4.78 is 8.44. The summed E-state index contributed by atoms with van der Waals surface area (Å²) in [6.07, 6.45) is 5.81. The lowest BCUT2D eigenvalue weighted by atomic mass is 10.2. The molecule has 1 aromatic heterocycles. The van der Waals surface area contributed by atoms with Crippen molar-refractivity contribution in [2.24, 2.45) is 5.10 Å². The van der Waals surface area contributed by atoms with Gasteiger partial charge < -0.3 is 4.74 Å². The standard InChI is InChI=1S/C22H20Br2ClN3O2/c1-3-5-6-20-27-19-8-7-15(23)12-16(19)22(29)28(20)26-13-14-10-17(24)21(18(25)11-14)30-9-4-2/h4,7-8,10-13H,2-3,5-6,9H2,1H3. The van der Waals surface area contributed by atoms with E-state index in [1.165, 1.54) is 4.68 Å². The topological polar surface area (TPSA) is 56.5 Å². The summed E-state index contributed by atoms with van der Waals surface area (Å²) in [5, 5.41) is 5.39. The molecule has 3 aromatic rings. The Kier molecular flexibility index (Phi) is 7.86. The molecule has 5 nitrogen and oxygen atoms in total. The summed E-state index contributed by atoms with van der Waals surface area (Å²) in [4.78, 5) is 17.8. The normalized spacial score (nSPS) is 11.3. The van der Waals surface area contributed by atoms with Gasteiger partial charge in [0.25, 0.3) is 5.56 Å². The fourth-order valence-electron chi connectivity index (χ4n) is 2.87. The van der Waals surface area contributed by atoms with Crippen molar-refractivity contribution in [3.05, 3.63) is 78.7 Å². The third-order valence-corrected chi connectivity index (χ3v) is 5.68. The molecule has 1 heterocycles. The van der Waals surface area contributed by atoms with Crippen LogP contribution in [-0.2, 0) is 6.42 Å². The van der Waals surface area contributed by atoms with Crippen LogP contribution in [0.1, 0.15) is 31.2 Å². The fourth-order valence-corrected chi connectivity index (χ4v) is 4.22. The Balaban J connectivity index is 2.05. The molecule has 0 spiro atoms. The van der Waals surface area contributed by atoms with Crippen molar-refractivity contribution in [2.45, 2.75) is 26.2 Å². The molecule has 0 aliphatic heterocycles. The third-order valence-electron chi connectivity index (χ3n) is 4.32. The number of aryl methyl sites for hydroxylation is 1. The third kappa shape index (κ3) is 5.20. The number of ether oxygens (including phenoxy) is 1. The van der Waals surface area contributed by atoms with E-state index in [4.69, 9.17) is 16.3 Å². The highest BCUT2D eigenvalue weighted by molar-refractivity contribution is 9.10. The Morgan fingerprint density at radius 3 is 2.80 bits per heavy atom. The van der Waals surface area contributed by atoms with E-state index in [-0.39, 0.29) is 5.56 Å². The molecular formula is C22H20Br2ClN3O2. The highest BCUT2D eigenvalue weighted by Gasteiger charge is 2.12. The zero-order valence-corrected chi connectivity index (χ0v) is 20.3.